The molecular weight excluding hydrogens is 304 g/mol. The Kier molecular flexibility index (Phi) is 6.14. The van der Waals surface area contributed by atoms with Crippen LogP contribution in [0.5, 0.6) is 5.75 Å². The second-order valence-corrected chi connectivity index (χ2v) is 6.10. The molecule has 0 aliphatic carbocycles. The van der Waals surface area contributed by atoms with Gasteiger partial charge in [0.25, 0.3) is 0 Å². The van der Waals surface area contributed by atoms with Crippen LogP contribution in [0.2, 0.25) is 0 Å². The molecule has 0 bridgehead atoms. The van der Waals surface area contributed by atoms with E-state index >= 15 is 0 Å². The number of likely N-dealkylation sites (tertiary alicyclic amines) is 1. The Hall–Kier alpha value is -0.580. The number of nitrogens with two attached hydrogens (primary N) is 1. The highest BCUT2D eigenvalue weighted by molar-refractivity contribution is 9.10. The molecule has 1 aromatic carbocycles. The summed E-state index contributed by atoms with van der Waals surface area (Å²) >= 11 is 3.42. The number of halogens is 1. The summed E-state index contributed by atoms with van der Waals surface area (Å²) < 4.78 is 6.79. The first-order valence-corrected chi connectivity index (χ1v) is 7.89. The lowest BCUT2D eigenvalue weighted by Gasteiger charge is -2.29. The molecule has 0 atom stereocenters. The van der Waals surface area contributed by atoms with Crippen LogP contribution in [0.3, 0.4) is 0 Å². The maximum Gasteiger partial charge on any atom is 0.119 e. The van der Waals surface area contributed by atoms with Gasteiger partial charge in [-0.1, -0.05) is 15.9 Å². The topological polar surface area (TPSA) is 38.5 Å². The SMILES string of the molecule is NC1CCN(CCCCOc2ccc(Br)cc2)CC1. The molecule has 4 heteroatoms. The Balaban J connectivity index is 1.53. The lowest BCUT2D eigenvalue weighted by atomic mass is 10.1. The zero-order valence-corrected chi connectivity index (χ0v) is 12.9. The van der Waals surface area contributed by atoms with Gasteiger partial charge in [-0.25, -0.2) is 0 Å². The molecule has 19 heavy (non-hydrogen) atoms. The van der Waals surface area contributed by atoms with Crippen LogP contribution in [0, 0.1) is 0 Å². The first kappa shape index (κ1) is 14.8. The third-order valence-electron chi connectivity index (χ3n) is 3.58. The first-order chi connectivity index (χ1) is 9.24. The number of ether oxygens (including phenoxy) is 1. The van der Waals surface area contributed by atoms with Gasteiger partial charge in [-0.2, -0.15) is 0 Å². The summed E-state index contributed by atoms with van der Waals surface area (Å²) in [5, 5.41) is 0. The average molecular weight is 327 g/mol. The van der Waals surface area contributed by atoms with Gasteiger partial charge in [0.05, 0.1) is 6.61 Å². The molecule has 1 fully saturated rings. The highest BCUT2D eigenvalue weighted by Gasteiger charge is 2.14. The van der Waals surface area contributed by atoms with Crippen molar-refractivity contribution >= 4 is 15.9 Å². The van der Waals surface area contributed by atoms with Crippen molar-refractivity contribution in [2.45, 2.75) is 31.7 Å². The summed E-state index contributed by atoms with van der Waals surface area (Å²) in [6.07, 6.45) is 4.61. The molecule has 0 saturated carbocycles. The van der Waals surface area contributed by atoms with Gasteiger partial charge < -0.3 is 15.4 Å². The largest absolute Gasteiger partial charge is 0.494 e. The summed E-state index contributed by atoms with van der Waals surface area (Å²) in [5.41, 5.74) is 5.90. The quantitative estimate of drug-likeness (QED) is 0.816. The molecule has 2 N–H and O–H groups in total. The third kappa shape index (κ3) is 5.51. The second-order valence-electron chi connectivity index (χ2n) is 5.19. The van der Waals surface area contributed by atoms with E-state index in [2.05, 4.69) is 20.8 Å². The van der Waals surface area contributed by atoms with Crippen molar-refractivity contribution in [2.75, 3.05) is 26.2 Å². The van der Waals surface area contributed by atoms with Gasteiger partial charge in [0, 0.05) is 10.5 Å². The van der Waals surface area contributed by atoms with Crippen LogP contribution in [-0.4, -0.2) is 37.2 Å². The monoisotopic (exact) mass is 326 g/mol. The predicted octanol–water partition coefficient (Wildman–Crippen LogP) is 3.03. The van der Waals surface area contributed by atoms with Crippen molar-refractivity contribution in [2.24, 2.45) is 5.73 Å². The van der Waals surface area contributed by atoms with E-state index < -0.39 is 0 Å². The summed E-state index contributed by atoms with van der Waals surface area (Å²) in [5.74, 6) is 0.951. The van der Waals surface area contributed by atoms with E-state index in [-0.39, 0.29) is 0 Å². The maximum atomic E-state index is 5.90. The van der Waals surface area contributed by atoms with E-state index in [1.54, 1.807) is 0 Å². The molecule has 106 valence electrons. The number of piperidine rings is 1. The van der Waals surface area contributed by atoms with Crippen LogP contribution in [0.4, 0.5) is 0 Å². The van der Waals surface area contributed by atoms with E-state index in [0.29, 0.717) is 6.04 Å². The second kappa shape index (κ2) is 7.88. The fourth-order valence-electron chi connectivity index (χ4n) is 2.33. The third-order valence-corrected chi connectivity index (χ3v) is 4.11. The molecule has 0 radical (unpaired) electrons. The van der Waals surface area contributed by atoms with Crippen LogP contribution in [0.25, 0.3) is 0 Å². The van der Waals surface area contributed by atoms with Gasteiger partial charge in [0.2, 0.25) is 0 Å². The molecule has 2 rings (SSSR count). The Morgan fingerprint density at radius 2 is 1.84 bits per heavy atom. The van der Waals surface area contributed by atoms with Crippen molar-refractivity contribution in [3.05, 3.63) is 28.7 Å². The molecule has 0 unspecified atom stereocenters. The van der Waals surface area contributed by atoms with Gasteiger partial charge in [-0.05, 0) is 69.6 Å². The Bertz CT molecular complexity index is 361. The lowest BCUT2D eigenvalue weighted by Crippen LogP contribution is -2.40. The minimum Gasteiger partial charge on any atom is -0.494 e. The van der Waals surface area contributed by atoms with Crippen molar-refractivity contribution < 1.29 is 4.74 Å². The minimum absolute atomic E-state index is 0.428. The zero-order chi connectivity index (χ0) is 13.5. The molecule has 3 nitrogen and oxygen atoms in total. The van der Waals surface area contributed by atoms with Crippen molar-refractivity contribution in [1.29, 1.82) is 0 Å². The number of nitrogens with zero attached hydrogens (tertiary/aromatic N) is 1. The molecule has 1 aliphatic rings. The van der Waals surface area contributed by atoms with Crippen LogP contribution >= 0.6 is 15.9 Å². The molecule has 1 heterocycles. The molecule has 1 aliphatic heterocycles. The highest BCUT2D eigenvalue weighted by Crippen LogP contribution is 2.16. The molecule has 0 spiro atoms. The van der Waals surface area contributed by atoms with E-state index in [1.165, 1.54) is 13.0 Å². The molecule has 1 aromatic rings. The van der Waals surface area contributed by atoms with Gasteiger partial charge in [0.1, 0.15) is 5.75 Å². The van der Waals surface area contributed by atoms with Crippen LogP contribution in [0.1, 0.15) is 25.7 Å². The van der Waals surface area contributed by atoms with Crippen molar-refractivity contribution in [3.8, 4) is 5.75 Å². The van der Waals surface area contributed by atoms with E-state index in [1.807, 2.05) is 24.3 Å². The number of rotatable bonds is 6. The van der Waals surface area contributed by atoms with E-state index in [4.69, 9.17) is 10.5 Å². The van der Waals surface area contributed by atoms with Gasteiger partial charge in [0.15, 0.2) is 0 Å². The van der Waals surface area contributed by atoms with Gasteiger partial charge in [-0.15, -0.1) is 0 Å². The molecule has 0 aromatic heterocycles. The fourth-order valence-corrected chi connectivity index (χ4v) is 2.60. The summed E-state index contributed by atoms with van der Waals surface area (Å²) in [4.78, 5) is 2.52. The van der Waals surface area contributed by atoms with Gasteiger partial charge >= 0.3 is 0 Å². The summed E-state index contributed by atoms with van der Waals surface area (Å²) in [6, 6.07) is 8.43. The number of unbranched alkanes of at least 4 members (excludes halogenated alkanes) is 1. The number of benzene rings is 1. The Morgan fingerprint density at radius 3 is 2.53 bits per heavy atom. The van der Waals surface area contributed by atoms with Crippen LogP contribution in [0.15, 0.2) is 28.7 Å². The maximum absolute atomic E-state index is 5.90. The summed E-state index contributed by atoms with van der Waals surface area (Å²) in [7, 11) is 0. The normalized spacial score (nSPS) is 17.6. The molecule has 1 saturated heterocycles. The fraction of sp³-hybridized carbons (Fsp3) is 0.600. The molecule has 0 amide bonds. The van der Waals surface area contributed by atoms with E-state index in [9.17, 15) is 0 Å². The zero-order valence-electron chi connectivity index (χ0n) is 11.4. The predicted molar refractivity (Wildman–Crippen MR) is 82.5 cm³/mol. The molecular formula is C15H23BrN2O. The standard InChI is InChI=1S/C15H23BrN2O/c16-13-3-5-15(6-4-13)19-12-2-1-9-18-10-7-14(17)8-11-18/h3-6,14H,1-2,7-12,17H2. The van der Waals surface area contributed by atoms with Crippen LogP contribution in [-0.2, 0) is 0 Å². The number of hydrogen-bond donors (Lipinski definition) is 1. The Labute approximate surface area is 124 Å². The number of hydrogen-bond acceptors (Lipinski definition) is 3. The van der Waals surface area contributed by atoms with E-state index in [0.717, 1.165) is 49.2 Å². The van der Waals surface area contributed by atoms with Gasteiger partial charge in [-0.3, -0.25) is 0 Å². The minimum atomic E-state index is 0.428. The van der Waals surface area contributed by atoms with Crippen LogP contribution < -0.4 is 10.5 Å². The smallest absolute Gasteiger partial charge is 0.119 e. The Morgan fingerprint density at radius 1 is 1.16 bits per heavy atom. The average Bonchev–Trinajstić information content (AvgIpc) is 2.43. The first-order valence-electron chi connectivity index (χ1n) is 7.10. The van der Waals surface area contributed by atoms with Crippen molar-refractivity contribution in [3.63, 3.8) is 0 Å². The highest BCUT2D eigenvalue weighted by atomic mass is 79.9. The van der Waals surface area contributed by atoms with Crippen molar-refractivity contribution in [1.82, 2.24) is 4.90 Å². The lowest BCUT2D eigenvalue weighted by molar-refractivity contribution is 0.203. The summed E-state index contributed by atoms with van der Waals surface area (Å²) in [6.45, 7) is 4.30.